The first-order chi connectivity index (χ1) is 10.3. The first-order valence-corrected chi connectivity index (χ1v) is 8.07. The van der Waals surface area contributed by atoms with E-state index in [1.54, 1.807) is 6.20 Å². The lowest BCUT2D eigenvalue weighted by Crippen LogP contribution is -2.21. The SMILES string of the molecule is CCCCCCC#Cc1cncc(O[C@@H]2CCN(C)C2)c1.Cl. The number of likely N-dealkylation sites (N-methyl/N-ethyl adjacent to an activating group) is 1. The summed E-state index contributed by atoms with van der Waals surface area (Å²) in [6.45, 7) is 4.33. The highest BCUT2D eigenvalue weighted by Gasteiger charge is 2.20. The van der Waals surface area contributed by atoms with Gasteiger partial charge >= 0.3 is 0 Å². The first kappa shape index (κ1) is 18.8. The molecule has 1 atom stereocenters. The van der Waals surface area contributed by atoms with Gasteiger partial charge in [0.1, 0.15) is 11.9 Å². The van der Waals surface area contributed by atoms with Crippen LogP contribution in [-0.2, 0) is 0 Å². The molecule has 2 rings (SSSR count). The molecule has 1 saturated heterocycles. The van der Waals surface area contributed by atoms with E-state index in [4.69, 9.17) is 4.74 Å². The van der Waals surface area contributed by atoms with E-state index in [-0.39, 0.29) is 18.5 Å². The monoisotopic (exact) mass is 322 g/mol. The van der Waals surface area contributed by atoms with Gasteiger partial charge in [-0.15, -0.1) is 12.4 Å². The molecule has 0 N–H and O–H groups in total. The van der Waals surface area contributed by atoms with E-state index in [0.29, 0.717) is 0 Å². The Kier molecular flexibility index (Phi) is 8.96. The lowest BCUT2D eigenvalue weighted by atomic mass is 10.1. The molecule has 1 aliphatic heterocycles. The van der Waals surface area contributed by atoms with Gasteiger partial charge in [0.05, 0.1) is 6.20 Å². The molecule has 0 aromatic carbocycles. The van der Waals surface area contributed by atoms with Gasteiger partial charge in [-0.1, -0.05) is 38.0 Å². The molecule has 1 aliphatic rings. The van der Waals surface area contributed by atoms with Crippen molar-refractivity contribution in [2.45, 2.75) is 51.6 Å². The van der Waals surface area contributed by atoms with Crippen molar-refractivity contribution in [3.8, 4) is 17.6 Å². The molecule has 3 nitrogen and oxygen atoms in total. The van der Waals surface area contributed by atoms with Gasteiger partial charge in [0.25, 0.3) is 0 Å². The molecule has 122 valence electrons. The van der Waals surface area contributed by atoms with Crippen molar-refractivity contribution < 1.29 is 4.74 Å². The predicted octanol–water partition coefficient (Wildman–Crippen LogP) is 3.91. The van der Waals surface area contributed by atoms with Crippen molar-refractivity contribution >= 4 is 12.4 Å². The van der Waals surface area contributed by atoms with E-state index in [9.17, 15) is 0 Å². The van der Waals surface area contributed by atoms with E-state index >= 15 is 0 Å². The van der Waals surface area contributed by atoms with Gasteiger partial charge < -0.3 is 9.64 Å². The van der Waals surface area contributed by atoms with Crippen molar-refractivity contribution in [3.05, 3.63) is 24.0 Å². The number of pyridine rings is 1. The summed E-state index contributed by atoms with van der Waals surface area (Å²) >= 11 is 0. The minimum absolute atomic E-state index is 0. The molecule has 1 fully saturated rings. The number of halogens is 1. The summed E-state index contributed by atoms with van der Waals surface area (Å²) in [6, 6.07) is 2.00. The molecule has 0 radical (unpaired) electrons. The fraction of sp³-hybridized carbons (Fsp3) is 0.611. The highest BCUT2D eigenvalue weighted by atomic mass is 35.5. The van der Waals surface area contributed by atoms with Crippen LogP contribution in [0.1, 0.15) is 51.0 Å². The zero-order valence-corrected chi connectivity index (χ0v) is 14.5. The van der Waals surface area contributed by atoms with Crippen LogP contribution >= 0.6 is 12.4 Å². The van der Waals surface area contributed by atoms with Crippen LogP contribution in [0.15, 0.2) is 18.5 Å². The third-order valence-corrected chi connectivity index (χ3v) is 3.75. The quantitative estimate of drug-likeness (QED) is 0.586. The lowest BCUT2D eigenvalue weighted by molar-refractivity contribution is 0.207. The Morgan fingerprint density at radius 3 is 2.91 bits per heavy atom. The summed E-state index contributed by atoms with van der Waals surface area (Å²) in [7, 11) is 2.13. The predicted molar refractivity (Wildman–Crippen MR) is 93.7 cm³/mol. The minimum Gasteiger partial charge on any atom is -0.487 e. The number of aromatic nitrogens is 1. The third-order valence-electron chi connectivity index (χ3n) is 3.75. The zero-order valence-electron chi connectivity index (χ0n) is 13.7. The normalized spacial score (nSPS) is 17.5. The number of hydrogen-bond acceptors (Lipinski definition) is 3. The molecule has 0 aliphatic carbocycles. The maximum absolute atomic E-state index is 5.97. The van der Waals surface area contributed by atoms with E-state index in [0.717, 1.165) is 37.2 Å². The van der Waals surface area contributed by atoms with Gasteiger partial charge in [0.2, 0.25) is 0 Å². The second kappa shape index (κ2) is 10.5. The summed E-state index contributed by atoms with van der Waals surface area (Å²) in [6.07, 6.45) is 11.0. The van der Waals surface area contributed by atoms with Crippen molar-refractivity contribution in [1.29, 1.82) is 0 Å². The van der Waals surface area contributed by atoms with Gasteiger partial charge in [-0.3, -0.25) is 4.98 Å². The summed E-state index contributed by atoms with van der Waals surface area (Å²) in [4.78, 5) is 6.52. The Morgan fingerprint density at radius 1 is 1.32 bits per heavy atom. The average Bonchev–Trinajstić information content (AvgIpc) is 2.88. The van der Waals surface area contributed by atoms with Crippen molar-refractivity contribution in [1.82, 2.24) is 9.88 Å². The van der Waals surface area contributed by atoms with Crippen LogP contribution in [0, 0.1) is 11.8 Å². The summed E-state index contributed by atoms with van der Waals surface area (Å²) in [5.74, 6) is 7.27. The number of ether oxygens (including phenoxy) is 1. The van der Waals surface area contributed by atoms with Crippen molar-refractivity contribution in [2.75, 3.05) is 20.1 Å². The largest absolute Gasteiger partial charge is 0.487 e. The van der Waals surface area contributed by atoms with E-state index in [1.807, 2.05) is 12.3 Å². The maximum atomic E-state index is 5.97. The molecule has 1 aromatic heterocycles. The van der Waals surface area contributed by atoms with E-state index in [1.165, 1.54) is 25.7 Å². The Balaban J connectivity index is 0.00000242. The molecule has 0 unspecified atom stereocenters. The van der Waals surface area contributed by atoms with E-state index < -0.39 is 0 Å². The maximum Gasteiger partial charge on any atom is 0.139 e. The van der Waals surface area contributed by atoms with Crippen molar-refractivity contribution in [3.63, 3.8) is 0 Å². The molecule has 1 aromatic rings. The highest BCUT2D eigenvalue weighted by Crippen LogP contribution is 2.17. The number of nitrogens with zero attached hydrogens (tertiary/aromatic N) is 2. The third kappa shape index (κ3) is 6.68. The minimum atomic E-state index is 0. The fourth-order valence-electron chi connectivity index (χ4n) is 2.54. The molecule has 4 heteroatoms. The van der Waals surface area contributed by atoms with Crippen LogP contribution in [0.4, 0.5) is 0 Å². The second-order valence-corrected chi connectivity index (χ2v) is 5.81. The van der Waals surface area contributed by atoms with E-state index in [2.05, 4.69) is 35.7 Å². The number of unbranched alkanes of at least 4 members (excludes halogenated alkanes) is 4. The number of rotatable bonds is 6. The summed E-state index contributed by atoms with van der Waals surface area (Å²) in [5.41, 5.74) is 0.953. The van der Waals surface area contributed by atoms with Crippen LogP contribution in [0.25, 0.3) is 0 Å². The van der Waals surface area contributed by atoms with Crippen LogP contribution in [0.5, 0.6) is 5.75 Å². The molecule has 0 amide bonds. The topological polar surface area (TPSA) is 25.4 Å². The standard InChI is InChI=1S/C18H26N2O.ClH/c1-3-4-5-6-7-8-9-16-12-18(14-19-13-16)21-17-10-11-20(2)15-17;/h12-14,17H,3-7,10-11,15H2,1-2H3;1H/t17-;/m1./s1. The second-order valence-electron chi connectivity index (χ2n) is 5.81. The highest BCUT2D eigenvalue weighted by molar-refractivity contribution is 5.85. The number of hydrogen-bond donors (Lipinski definition) is 0. The molecule has 0 bridgehead atoms. The number of likely N-dealkylation sites (tertiary alicyclic amines) is 1. The van der Waals surface area contributed by atoms with Gasteiger partial charge in [-0.05, 0) is 26.0 Å². The molecular formula is C18H27ClN2O. The zero-order chi connectivity index (χ0) is 14.9. The molecular weight excluding hydrogens is 296 g/mol. The van der Waals surface area contributed by atoms with Crippen LogP contribution in [0.2, 0.25) is 0 Å². The van der Waals surface area contributed by atoms with Gasteiger partial charge in [0, 0.05) is 31.3 Å². The average molecular weight is 323 g/mol. The molecule has 0 spiro atoms. The van der Waals surface area contributed by atoms with Gasteiger partial charge in [-0.2, -0.15) is 0 Å². The van der Waals surface area contributed by atoms with Gasteiger partial charge in [-0.25, -0.2) is 0 Å². The summed E-state index contributed by atoms with van der Waals surface area (Å²) < 4.78 is 5.97. The first-order valence-electron chi connectivity index (χ1n) is 8.07. The Hall–Kier alpha value is -1.24. The smallest absolute Gasteiger partial charge is 0.139 e. The Labute approximate surface area is 140 Å². The Bertz CT molecular complexity index is 495. The molecule has 2 heterocycles. The van der Waals surface area contributed by atoms with Crippen molar-refractivity contribution in [2.24, 2.45) is 0 Å². The lowest BCUT2D eigenvalue weighted by Gasteiger charge is -2.13. The molecule has 0 saturated carbocycles. The fourth-order valence-corrected chi connectivity index (χ4v) is 2.54. The van der Waals surface area contributed by atoms with Crippen LogP contribution < -0.4 is 4.74 Å². The van der Waals surface area contributed by atoms with Gasteiger partial charge in [0.15, 0.2) is 0 Å². The summed E-state index contributed by atoms with van der Waals surface area (Å²) in [5, 5.41) is 0. The molecule has 22 heavy (non-hydrogen) atoms. The van der Waals surface area contributed by atoms with Crippen LogP contribution in [-0.4, -0.2) is 36.1 Å². The Morgan fingerprint density at radius 2 is 2.18 bits per heavy atom. The van der Waals surface area contributed by atoms with Crippen LogP contribution in [0.3, 0.4) is 0 Å².